The summed E-state index contributed by atoms with van der Waals surface area (Å²) in [6.07, 6.45) is 1.52. The van der Waals surface area contributed by atoms with Crippen LogP contribution in [0, 0.1) is 0 Å². The second-order valence-corrected chi connectivity index (χ2v) is 9.35. The molecule has 0 aliphatic carbocycles. The lowest BCUT2D eigenvalue weighted by molar-refractivity contribution is -0.0500. The maximum atomic E-state index is 12.5. The highest BCUT2D eigenvalue weighted by molar-refractivity contribution is 7.88. The SMILES string of the molecule is CC(C)c1ccccc1-c1ncc2[nH]c(=O)n(Cc3ccc(OS(=O)(=O)C(F)(F)F)cc3)c2n1. The second kappa shape index (κ2) is 8.60. The Kier molecular flexibility index (Phi) is 5.94. The van der Waals surface area contributed by atoms with Gasteiger partial charge in [-0.05, 0) is 29.2 Å². The van der Waals surface area contributed by atoms with Crippen LogP contribution in [0.25, 0.3) is 22.6 Å². The predicted molar refractivity (Wildman–Crippen MR) is 119 cm³/mol. The van der Waals surface area contributed by atoms with Crippen LogP contribution < -0.4 is 9.87 Å². The summed E-state index contributed by atoms with van der Waals surface area (Å²) in [5, 5.41) is 0. The van der Waals surface area contributed by atoms with Crippen LogP contribution in [0.15, 0.2) is 59.5 Å². The van der Waals surface area contributed by atoms with Gasteiger partial charge in [0.05, 0.1) is 12.7 Å². The van der Waals surface area contributed by atoms with Gasteiger partial charge in [-0.1, -0.05) is 50.2 Å². The second-order valence-electron chi connectivity index (χ2n) is 7.82. The Morgan fingerprint density at radius 2 is 1.76 bits per heavy atom. The van der Waals surface area contributed by atoms with Crippen molar-refractivity contribution in [1.29, 1.82) is 0 Å². The van der Waals surface area contributed by atoms with Gasteiger partial charge in [0.1, 0.15) is 11.3 Å². The zero-order chi connectivity index (χ0) is 24.7. The molecule has 1 N–H and O–H groups in total. The lowest BCUT2D eigenvalue weighted by atomic mass is 9.97. The molecule has 0 fully saturated rings. The number of nitrogens with zero attached hydrogens (tertiary/aromatic N) is 3. The number of hydrogen-bond acceptors (Lipinski definition) is 6. The number of imidazole rings is 1. The number of benzene rings is 2. The Bertz CT molecular complexity index is 1510. The summed E-state index contributed by atoms with van der Waals surface area (Å²) >= 11 is 0. The van der Waals surface area contributed by atoms with Crippen LogP contribution in [-0.4, -0.2) is 33.4 Å². The number of H-pyrrole nitrogens is 1. The molecule has 2 heterocycles. The minimum atomic E-state index is -5.77. The number of alkyl halides is 3. The number of rotatable bonds is 6. The number of nitrogens with one attached hydrogen (secondary N) is 1. The third-order valence-electron chi connectivity index (χ3n) is 5.09. The molecule has 0 saturated heterocycles. The Labute approximate surface area is 192 Å². The highest BCUT2D eigenvalue weighted by Crippen LogP contribution is 2.28. The third-order valence-corrected chi connectivity index (χ3v) is 6.07. The van der Waals surface area contributed by atoms with Crippen molar-refractivity contribution in [2.24, 2.45) is 0 Å². The molecule has 4 aromatic rings. The zero-order valence-electron chi connectivity index (χ0n) is 18.0. The molecule has 0 aliphatic rings. The van der Waals surface area contributed by atoms with Crippen molar-refractivity contribution >= 4 is 21.3 Å². The van der Waals surface area contributed by atoms with Crippen molar-refractivity contribution in [3.63, 3.8) is 0 Å². The highest BCUT2D eigenvalue weighted by Gasteiger charge is 2.48. The van der Waals surface area contributed by atoms with Gasteiger partial charge in [0, 0.05) is 5.56 Å². The smallest absolute Gasteiger partial charge is 0.376 e. The molecule has 4 rings (SSSR count). The van der Waals surface area contributed by atoms with Gasteiger partial charge < -0.3 is 9.17 Å². The molecule has 8 nitrogen and oxygen atoms in total. The molecule has 0 bridgehead atoms. The van der Waals surface area contributed by atoms with Crippen LogP contribution in [0.3, 0.4) is 0 Å². The molecule has 0 aliphatic heterocycles. The molecule has 0 radical (unpaired) electrons. The maximum Gasteiger partial charge on any atom is 0.534 e. The number of aromatic nitrogens is 4. The summed E-state index contributed by atoms with van der Waals surface area (Å²) < 4.78 is 65.3. The van der Waals surface area contributed by atoms with Gasteiger partial charge in [-0.25, -0.2) is 14.8 Å². The minimum absolute atomic E-state index is 0.0351. The summed E-state index contributed by atoms with van der Waals surface area (Å²) in [6, 6.07) is 12.6. The molecule has 0 amide bonds. The number of aromatic amines is 1. The van der Waals surface area contributed by atoms with E-state index < -0.39 is 27.1 Å². The van der Waals surface area contributed by atoms with Gasteiger partial charge in [-0.3, -0.25) is 4.57 Å². The van der Waals surface area contributed by atoms with E-state index in [-0.39, 0.29) is 12.5 Å². The summed E-state index contributed by atoms with van der Waals surface area (Å²) in [4.78, 5) is 24.2. The van der Waals surface area contributed by atoms with E-state index in [0.29, 0.717) is 22.6 Å². The Balaban J connectivity index is 1.66. The maximum absolute atomic E-state index is 12.5. The molecular weight excluding hydrogens is 473 g/mol. The molecule has 2 aromatic carbocycles. The van der Waals surface area contributed by atoms with E-state index in [1.807, 2.05) is 24.3 Å². The summed E-state index contributed by atoms with van der Waals surface area (Å²) in [5.41, 5.74) is -2.79. The average molecular weight is 492 g/mol. The molecule has 178 valence electrons. The Hall–Kier alpha value is -3.67. The first-order valence-corrected chi connectivity index (χ1v) is 11.5. The largest absolute Gasteiger partial charge is 0.534 e. The molecule has 12 heteroatoms. The molecule has 0 unspecified atom stereocenters. The van der Waals surface area contributed by atoms with E-state index in [1.165, 1.54) is 22.9 Å². The molecule has 0 atom stereocenters. The minimum Gasteiger partial charge on any atom is -0.376 e. The van der Waals surface area contributed by atoms with E-state index in [9.17, 15) is 26.4 Å². The van der Waals surface area contributed by atoms with Crippen LogP contribution in [0.1, 0.15) is 30.9 Å². The molecule has 0 spiro atoms. The molecule has 34 heavy (non-hydrogen) atoms. The van der Waals surface area contributed by atoms with Crippen LogP contribution in [0.2, 0.25) is 0 Å². The van der Waals surface area contributed by atoms with Crippen LogP contribution in [0.4, 0.5) is 13.2 Å². The lowest BCUT2D eigenvalue weighted by Crippen LogP contribution is -2.28. The fraction of sp³-hybridized carbons (Fsp3) is 0.227. The van der Waals surface area contributed by atoms with Crippen molar-refractivity contribution in [2.75, 3.05) is 0 Å². The lowest BCUT2D eigenvalue weighted by Gasteiger charge is -2.12. The molecular formula is C22H19F3N4O4S. The van der Waals surface area contributed by atoms with E-state index in [1.54, 1.807) is 0 Å². The van der Waals surface area contributed by atoms with Crippen molar-refractivity contribution in [2.45, 2.75) is 31.8 Å². The third kappa shape index (κ3) is 4.53. The predicted octanol–water partition coefficient (Wildman–Crippen LogP) is 4.19. The van der Waals surface area contributed by atoms with Gasteiger partial charge in [0.25, 0.3) is 0 Å². The topological polar surface area (TPSA) is 107 Å². The van der Waals surface area contributed by atoms with Gasteiger partial charge in [0.15, 0.2) is 11.5 Å². The first-order valence-electron chi connectivity index (χ1n) is 10.1. The standard InChI is InChI=1S/C22H19F3N4O4S/c1-13(2)16-5-3-4-6-17(16)19-26-11-18-20(28-19)29(21(30)27-18)12-14-7-9-15(10-8-14)33-34(31,32)22(23,24)25/h3-11,13H,12H2,1-2H3,(H,27,30). The van der Waals surface area contributed by atoms with E-state index >= 15 is 0 Å². The quantitative estimate of drug-likeness (QED) is 0.320. The number of fused-ring (bicyclic) bond motifs is 1. The Morgan fingerprint density at radius 1 is 1.09 bits per heavy atom. The van der Waals surface area contributed by atoms with Crippen LogP contribution in [-0.2, 0) is 16.7 Å². The average Bonchev–Trinajstić information content (AvgIpc) is 3.08. The normalized spacial score (nSPS) is 12.4. The molecule has 0 saturated carbocycles. The van der Waals surface area contributed by atoms with Gasteiger partial charge in [-0.2, -0.15) is 21.6 Å². The van der Waals surface area contributed by atoms with Crippen molar-refractivity contribution in [3.8, 4) is 17.1 Å². The van der Waals surface area contributed by atoms with Crippen LogP contribution >= 0.6 is 0 Å². The van der Waals surface area contributed by atoms with Crippen molar-refractivity contribution in [3.05, 3.63) is 76.3 Å². The fourth-order valence-electron chi connectivity index (χ4n) is 3.43. The first-order chi connectivity index (χ1) is 16.0. The summed E-state index contributed by atoms with van der Waals surface area (Å²) in [5.74, 6) is 0.179. The van der Waals surface area contributed by atoms with E-state index in [2.05, 4.69) is 33.0 Å². The van der Waals surface area contributed by atoms with Crippen molar-refractivity contribution in [1.82, 2.24) is 19.5 Å². The van der Waals surface area contributed by atoms with Gasteiger partial charge in [0.2, 0.25) is 0 Å². The molecule has 2 aromatic heterocycles. The monoisotopic (exact) mass is 492 g/mol. The summed E-state index contributed by atoms with van der Waals surface area (Å²) in [7, 11) is -5.77. The summed E-state index contributed by atoms with van der Waals surface area (Å²) in [6.45, 7) is 4.14. The van der Waals surface area contributed by atoms with Crippen molar-refractivity contribution < 1.29 is 25.8 Å². The van der Waals surface area contributed by atoms with Gasteiger partial charge >= 0.3 is 21.3 Å². The zero-order valence-corrected chi connectivity index (χ0v) is 18.8. The van der Waals surface area contributed by atoms with E-state index in [0.717, 1.165) is 23.3 Å². The van der Waals surface area contributed by atoms with E-state index in [4.69, 9.17) is 0 Å². The number of hydrogen-bond donors (Lipinski definition) is 1. The first kappa shape index (κ1) is 23.5. The van der Waals surface area contributed by atoms with Gasteiger partial charge in [-0.15, -0.1) is 0 Å². The Morgan fingerprint density at radius 3 is 2.41 bits per heavy atom. The van der Waals surface area contributed by atoms with Crippen LogP contribution in [0.5, 0.6) is 5.75 Å². The number of halogens is 3. The fourth-order valence-corrected chi connectivity index (χ4v) is 3.89. The highest BCUT2D eigenvalue weighted by atomic mass is 32.2.